The first-order valence-corrected chi connectivity index (χ1v) is 5.59. The summed E-state index contributed by atoms with van der Waals surface area (Å²) in [5, 5.41) is 10.3. The Morgan fingerprint density at radius 2 is 1.74 bits per heavy atom. The Labute approximate surface area is 118 Å². The molecule has 0 saturated heterocycles. The lowest BCUT2D eigenvalue weighted by molar-refractivity contribution is -0.385. The molecule has 0 saturated carbocycles. The molecule has 2 rings (SSSR count). The van der Waals surface area contributed by atoms with Crippen molar-refractivity contribution in [3.05, 3.63) is 51.0 Å². The molecule has 9 heteroatoms. The second-order valence-corrected chi connectivity index (χ2v) is 3.89. The molecule has 0 unspecified atom stereocenters. The number of nitrogens with two attached hydrogens (primary N) is 2. The van der Waals surface area contributed by atoms with Gasteiger partial charge in [0.1, 0.15) is 0 Å². The van der Waals surface area contributed by atoms with Gasteiger partial charge in [0.05, 0.1) is 16.3 Å². The second kappa shape index (κ2) is 6.72. The van der Waals surface area contributed by atoms with Crippen molar-refractivity contribution in [1.82, 2.24) is 9.97 Å². The predicted molar refractivity (Wildman–Crippen MR) is 74.0 cm³/mol. The number of hydrogen-bond donors (Lipinski definition) is 2. The van der Waals surface area contributed by atoms with Crippen LogP contribution in [0.1, 0.15) is 0 Å². The normalized spacial score (nSPS) is 9.37. The van der Waals surface area contributed by atoms with Gasteiger partial charge in [-0.2, -0.15) is 0 Å². The van der Waals surface area contributed by atoms with Crippen molar-refractivity contribution in [1.29, 1.82) is 0 Å². The molecule has 4 N–H and O–H groups in total. The highest BCUT2D eigenvalue weighted by atomic mass is 35.5. The van der Waals surface area contributed by atoms with E-state index in [1.165, 1.54) is 24.5 Å². The molecule has 0 atom stereocenters. The first kappa shape index (κ1) is 14.9. The van der Waals surface area contributed by atoms with Crippen LogP contribution in [0.15, 0.2) is 30.6 Å². The van der Waals surface area contributed by atoms with Crippen LogP contribution < -0.4 is 11.5 Å². The monoisotopic (exact) mass is 301 g/mol. The van der Waals surface area contributed by atoms with Gasteiger partial charge in [0.2, 0.25) is 5.15 Å². The highest BCUT2D eigenvalue weighted by molar-refractivity contribution is 6.32. The van der Waals surface area contributed by atoms with Crippen molar-refractivity contribution >= 4 is 40.3 Å². The van der Waals surface area contributed by atoms with E-state index in [2.05, 4.69) is 9.97 Å². The molecule has 100 valence electrons. The molecule has 0 aliphatic carbocycles. The van der Waals surface area contributed by atoms with Crippen molar-refractivity contribution in [2.75, 3.05) is 11.5 Å². The van der Waals surface area contributed by atoms with Gasteiger partial charge in [0.25, 0.3) is 0 Å². The van der Waals surface area contributed by atoms with Crippen molar-refractivity contribution in [3.63, 3.8) is 0 Å². The summed E-state index contributed by atoms with van der Waals surface area (Å²) in [7, 11) is 0. The van der Waals surface area contributed by atoms with Crippen LogP contribution in [0.25, 0.3) is 0 Å². The molecule has 2 aromatic heterocycles. The predicted octanol–water partition coefficient (Wildman–Crippen LogP) is 2.54. The van der Waals surface area contributed by atoms with Crippen LogP contribution in [0.5, 0.6) is 0 Å². The SMILES string of the molecule is Nc1ccnc(Cl)c1N.O=[N+]([O-])c1cccnc1Cl. The fourth-order valence-electron chi connectivity index (χ4n) is 0.975. The van der Waals surface area contributed by atoms with Gasteiger partial charge >= 0.3 is 5.69 Å². The average molecular weight is 302 g/mol. The summed E-state index contributed by atoms with van der Waals surface area (Å²) in [6.07, 6.45) is 2.91. The lowest BCUT2D eigenvalue weighted by Crippen LogP contribution is -1.95. The van der Waals surface area contributed by atoms with E-state index in [4.69, 9.17) is 34.7 Å². The third-order valence-electron chi connectivity index (χ3n) is 1.91. The lowest BCUT2D eigenvalue weighted by Gasteiger charge is -1.97. The Bertz CT molecular complexity index is 574. The molecule has 7 nitrogen and oxygen atoms in total. The lowest BCUT2D eigenvalue weighted by atomic mass is 10.4. The van der Waals surface area contributed by atoms with E-state index in [0.717, 1.165) is 0 Å². The van der Waals surface area contributed by atoms with Gasteiger partial charge in [-0.05, 0) is 12.1 Å². The number of halogens is 2. The van der Waals surface area contributed by atoms with Crippen LogP contribution in [-0.2, 0) is 0 Å². The highest BCUT2D eigenvalue weighted by Crippen LogP contribution is 2.20. The number of nitro groups is 1. The molecule has 19 heavy (non-hydrogen) atoms. The van der Waals surface area contributed by atoms with Crippen LogP contribution >= 0.6 is 23.2 Å². The number of nitrogens with zero attached hydrogens (tertiary/aromatic N) is 3. The molecule has 2 aromatic rings. The summed E-state index contributed by atoms with van der Waals surface area (Å²) in [6, 6.07) is 4.36. The summed E-state index contributed by atoms with van der Waals surface area (Å²) in [5.41, 5.74) is 11.4. The van der Waals surface area contributed by atoms with Gasteiger partial charge in [-0.3, -0.25) is 10.1 Å². The maximum atomic E-state index is 10.1. The van der Waals surface area contributed by atoms with Crippen LogP contribution in [0.2, 0.25) is 10.3 Å². The summed E-state index contributed by atoms with van der Waals surface area (Å²) in [5.74, 6) is 0. The van der Waals surface area contributed by atoms with Crippen LogP contribution in [-0.4, -0.2) is 14.9 Å². The highest BCUT2D eigenvalue weighted by Gasteiger charge is 2.10. The third-order valence-corrected chi connectivity index (χ3v) is 2.50. The van der Waals surface area contributed by atoms with Gasteiger partial charge in [0.15, 0.2) is 5.15 Å². The van der Waals surface area contributed by atoms with E-state index in [-0.39, 0.29) is 16.0 Å². The maximum absolute atomic E-state index is 10.1. The zero-order chi connectivity index (χ0) is 14.4. The molecule has 0 bridgehead atoms. The Morgan fingerprint density at radius 1 is 1.11 bits per heavy atom. The first-order valence-electron chi connectivity index (χ1n) is 4.84. The minimum Gasteiger partial charge on any atom is -0.397 e. The van der Waals surface area contributed by atoms with E-state index in [9.17, 15) is 10.1 Å². The molecular formula is C10H9Cl2N5O2. The first-order chi connectivity index (χ1) is 8.93. The number of anilines is 2. The fraction of sp³-hybridized carbons (Fsp3) is 0. The minimum absolute atomic E-state index is 0.0764. The standard InChI is InChI=1S/C5H6ClN3.C5H3ClN2O2/c6-5-4(8)3(7)1-2-9-5;6-5-4(8(9)10)2-1-3-7-5/h1-2H,8H2,(H2,7,9);1-3H. The third kappa shape index (κ3) is 4.23. The summed E-state index contributed by atoms with van der Waals surface area (Å²) >= 11 is 10.9. The van der Waals surface area contributed by atoms with Crippen molar-refractivity contribution in [2.45, 2.75) is 0 Å². The maximum Gasteiger partial charge on any atom is 0.306 e. The average Bonchev–Trinajstić information content (AvgIpc) is 2.37. The van der Waals surface area contributed by atoms with E-state index >= 15 is 0 Å². The van der Waals surface area contributed by atoms with Crippen LogP contribution in [0.3, 0.4) is 0 Å². The second-order valence-electron chi connectivity index (χ2n) is 3.18. The Balaban J connectivity index is 0.000000191. The van der Waals surface area contributed by atoms with Gasteiger partial charge in [-0.15, -0.1) is 0 Å². The number of nitrogen functional groups attached to an aromatic ring is 2. The zero-order valence-electron chi connectivity index (χ0n) is 9.46. The zero-order valence-corrected chi connectivity index (χ0v) is 11.0. The quantitative estimate of drug-likeness (QED) is 0.474. The van der Waals surface area contributed by atoms with Crippen molar-refractivity contribution < 1.29 is 4.92 Å². The number of hydrogen-bond acceptors (Lipinski definition) is 6. The van der Waals surface area contributed by atoms with Crippen molar-refractivity contribution in [2.24, 2.45) is 0 Å². The summed E-state index contributed by atoms with van der Waals surface area (Å²) in [6.45, 7) is 0. The van der Waals surface area contributed by atoms with Gasteiger partial charge < -0.3 is 11.5 Å². The van der Waals surface area contributed by atoms with Gasteiger partial charge in [-0.1, -0.05) is 23.2 Å². The van der Waals surface area contributed by atoms with Gasteiger partial charge in [-0.25, -0.2) is 9.97 Å². The topological polar surface area (TPSA) is 121 Å². The Morgan fingerprint density at radius 3 is 2.16 bits per heavy atom. The molecule has 0 aromatic carbocycles. The van der Waals surface area contributed by atoms with Crippen LogP contribution in [0, 0.1) is 10.1 Å². The summed E-state index contributed by atoms with van der Waals surface area (Å²) < 4.78 is 0. The molecule has 0 amide bonds. The molecule has 2 heterocycles. The minimum atomic E-state index is -0.574. The fourth-order valence-corrected chi connectivity index (χ4v) is 1.33. The molecule has 0 aliphatic rings. The molecule has 0 spiro atoms. The smallest absolute Gasteiger partial charge is 0.306 e. The molecule has 0 radical (unpaired) electrons. The van der Waals surface area contributed by atoms with Crippen LogP contribution in [0.4, 0.5) is 17.1 Å². The van der Waals surface area contributed by atoms with E-state index in [0.29, 0.717) is 11.4 Å². The molecule has 0 fully saturated rings. The van der Waals surface area contributed by atoms with E-state index < -0.39 is 4.92 Å². The van der Waals surface area contributed by atoms with Gasteiger partial charge in [0, 0.05) is 18.5 Å². The summed E-state index contributed by atoms with van der Waals surface area (Å²) in [4.78, 5) is 16.8. The molecular weight excluding hydrogens is 293 g/mol. The van der Waals surface area contributed by atoms with E-state index in [1.807, 2.05) is 0 Å². The Hall–Kier alpha value is -2.12. The van der Waals surface area contributed by atoms with E-state index in [1.54, 1.807) is 6.07 Å². The number of aromatic nitrogens is 2. The largest absolute Gasteiger partial charge is 0.397 e. The Kier molecular flexibility index (Phi) is 5.28. The molecule has 0 aliphatic heterocycles. The number of pyridine rings is 2. The van der Waals surface area contributed by atoms with Crippen molar-refractivity contribution in [3.8, 4) is 0 Å². The number of rotatable bonds is 1.